The molecule has 0 spiro atoms. The number of amides is 3. The lowest BCUT2D eigenvalue weighted by Crippen LogP contribution is -2.41. The molecule has 34 heavy (non-hydrogen) atoms. The van der Waals surface area contributed by atoms with Gasteiger partial charge in [-0.3, -0.25) is 24.5 Å². The monoisotopic (exact) mass is 472 g/mol. The Balaban J connectivity index is 1.41. The Hall–Kier alpha value is -3.49. The fraction of sp³-hybridized carbons (Fsp3) is 0.360. The molecule has 1 aliphatic heterocycles. The number of Topliss-reactive ketones (excluding diaryl/α,β-unsaturated/α-hetero) is 1. The number of nitrogens with one attached hydrogen (secondary N) is 2. The van der Waals surface area contributed by atoms with Gasteiger partial charge in [0.2, 0.25) is 11.8 Å². The molecule has 0 radical (unpaired) electrons. The number of alkyl halides is 2. The van der Waals surface area contributed by atoms with E-state index >= 15 is 0 Å². The fourth-order valence-electron chi connectivity index (χ4n) is 4.60. The van der Waals surface area contributed by atoms with Gasteiger partial charge < -0.3 is 5.32 Å². The number of rotatable bonds is 6. The van der Waals surface area contributed by atoms with E-state index in [1.165, 1.54) is 6.92 Å². The maximum Gasteiger partial charge on any atom is 0.350 e. The van der Waals surface area contributed by atoms with E-state index in [1.807, 2.05) is 0 Å². The molecule has 2 N–H and O–H groups in total. The van der Waals surface area contributed by atoms with Crippen LogP contribution in [0.3, 0.4) is 0 Å². The summed E-state index contributed by atoms with van der Waals surface area (Å²) in [5.74, 6) is -7.86. The molecule has 0 saturated carbocycles. The molecular weight excluding hydrogens is 449 g/mol. The van der Waals surface area contributed by atoms with Crippen LogP contribution in [0.2, 0.25) is 0 Å². The normalized spacial score (nSPS) is 20.2. The van der Waals surface area contributed by atoms with Crippen LogP contribution < -0.4 is 10.6 Å². The Labute approximate surface area is 193 Å². The molecule has 3 amide bonds. The lowest BCUT2D eigenvalue weighted by molar-refractivity contribution is -0.147. The summed E-state index contributed by atoms with van der Waals surface area (Å²) in [6.07, 6.45) is 1.37. The maximum atomic E-state index is 14.6. The SMILES string of the molecule is Cc1c(F)cccc1C(F)(F)C(=O)NCc1ccc2c(c1)CC(CC1CCC(=O)NC1=O)C2=O. The van der Waals surface area contributed by atoms with Gasteiger partial charge in [0.25, 0.3) is 5.91 Å². The fourth-order valence-corrected chi connectivity index (χ4v) is 4.60. The van der Waals surface area contributed by atoms with E-state index in [4.69, 9.17) is 0 Å². The van der Waals surface area contributed by atoms with Gasteiger partial charge in [0.15, 0.2) is 5.78 Å². The first kappa shape index (κ1) is 23.7. The highest BCUT2D eigenvalue weighted by Gasteiger charge is 2.42. The third-order valence-corrected chi connectivity index (χ3v) is 6.54. The van der Waals surface area contributed by atoms with Gasteiger partial charge in [-0.2, -0.15) is 8.78 Å². The molecule has 178 valence electrons. The average molecular weight is 472 g/mol. The Morgan fingerprint density at radius 3 is 2.65 bits per heavy atom. The van der Waals surface area contributed by atoms with Crippen molar-refractivity contribution in [3.63, 3.8) is 0 Å². The van der Waals surface area contributed by atoms with Crippen molar-refractivity contribution in [1.82, 2.24) is 10.6 Å². The molecule has 1 heterocycles. The molecule has 2 aromatic rings. The van der Waals surface area contributed by atoms with Gasteiger partial charge in [-0.05, 0) is 48.9 Å². The number of ketones is 1. The summed E-state index contributed by atoms with van der Waals surface area (Å²) in [6.45, 7) is 0.997. The number of carbonyl (C=O) groups is 4. The number of halogens is 3. The molecule has 0 bridgehead atoms. The Kier molecular flexibility index (Phi) is 6.29. The van der Waals surface area contributed by atoms with Crippen molar-refractivity contribution in [1.29, 1.82) is 0 Å². The van der Waals surface area contributed by atoms with Crippen molar-refractivity contribution < 1.29 is 32.3 Å². The maximum absolute atomic E-state index is 14.6. The first-order chi connectivity index (χ1) is 16.1. The summed E-state index contributed by atoms with van der Waals surface area (Å²) in [5.41, 5.74) is 0.782. The highest BCUT2D eigenvalue weighted by Crippen LogP contribution is 2.34. The smallest absolute Gasteiger partial charge is 0.346 e. The van der Waals surface area contributed by atoms with Crippen molar-refractivity contribution in [2.45, 2.75) is 45.1 Å². The van der Waals surface area contributed by atoms with Crippen LogP contribution in [-0.4, -0.2) is 23.5 Å². The first-order valence-corrected chi connectivity index (χ1v) is 11.0. The van der Waals surface area contributed by atoms with Crippen molar-refractivity contribution in [3.8, 4) is 0 Å². The van der Waals surface area contributed by atoms with Gasteiger partial charge in [-0.1, -0.05) is 30.3 Å². The minimum atomic E-state index is -3.91. The Bertz CT molecular complexity index is 1190. The molecule has 2 aliphatic rings. The zero-order chi connectivity index (χ0) is 24.6. The number of fused-ring (bicyclic) bond motifs is 1. The largest absolute Gasteiger partial charge is 0.350 e. The molecule has 0 aromatic heterocycles. The highest BCUT2D eigenvalue weighted by atomic mass is 19.3. The van der Waals surface area contributed by atoms with Crippen LogP contribution in [0.1, 0.15) is 51.9 Å². The van der Waals surface area contributed by atoms with E-state index in [1.54, 1.807) is 18.2 Å². The molecule has 9 heteroatoms. The minimum absolute atomic E-state index is 0.0941. The number of carbonyl (C=O) groups excluding carboxylic acids is 4. The van der Waals surface area contributed by atoms with Crippen molar-refractivity contribution >= 4 is 23.5 Å². The molecule has 2 unspecified atom stereocenters. The molecule has 1 fully saturated rings. The van der Waals surface area contributed by atoms with E-state index in [-0.39, 0.29) is 36.1 Å². The lowest BCUT2D eigenvalue weighted by atomic mass is 9.86. The van der Waals surface area contributed by atoms with Crippen LogP contribution >= 0.6 is 0 Å². The quantitative estimate of drug-likeness (QED) is 0.631. The van der Waals surface area contributed by atoms with Crippen molar-refractivity contribution in [3.05, 3.63) is 70.0 Å². The van der Waals surface area contributed by atoms with E-state index in [0.717, 1.165) is 23.8 Å². The molecule has 2 atom stereocenters. The average Bonchev–Trinajstić information content (AvgIpc) is 3.10. The van der Waals surface area contributed by atoms with E-state index < -0.39 is 35.0 Å². The van der Waals surface area contributed by atoms with Crippen LogP contribution in [0.4, 0.5) is 13.2 Å². The number of benzene rings is 2. The summed E-state index contributed by atoms with van der Waals surface area (Å²) in [6, 6.07) is 8.05. The summed E-state index contributed by atoms with van der Waals surface area (Å²) in [4.78, 5) is 48.3. The minimum Gasteiger partial charge on any atom is -0.346 e. The second-order valence-electron chi connectivity index (χ2n) is 8.81. The van der Waals surface area contributed by atoms with Crippen LogP contribution in [0.5, 0.6) is 0 Å². The van der Waals surface area contributed by atoms with Gasteiger partial charge in [0.1, 0.15) is 5.82 Å². The molecule has 4 rings (SSSR count). The third kappa shape index (κ3) is 4.47. The predicted octanol–water partition coefficient (Wildman–Crippen LogP) is 3.34. The molecule has 1 aliphatic carbocycles. The summed E-state index contributed by atoms with van der Waals surface area (Å²) in [5, 5.41) is 4.49. The standard InChI is InChI=1S/C25H23F3N2O4/c1-13-19(3-2-4-20(13)26)25(27,28)24(34)29-12-14-5-7-18-16(9-14)11-17(22(18)32)10-15-6-8-21(31)30-23(15)33/h2-5,7,9,15,17H,6,8,10-12H2,1H3,(H,29,34)(H,30,31,33). The molecule has 6 nitrogen and oxygen atoms in total. The van der Waals surface area contributed by atoms with Gasteiger partial charge in [-0.15, -0.1) is 0 Å². The van der Waals surface area contributed by atoms with Crippen LogP contribution in [0.15, 0.2) is 36.4 Å². The molecule has 2 aromatic carbocycles. The molecular formula is C25H23F3N2O4. The van der Waals surface area contributed by atoms with E-state index in [2.05, 4.69) is 10.6 Å². The van der Waals surface area contributed by atoms with Crippen LogP contribution in [0, 0.1) is 24.6 Å². The number of hydrogen-bond acceptors (Lipinski definition) is 4. The lowest BCUT2D eigenvalue weighted by Gasteiger charge is -2.22. The summed E-state index contributed by atoms with van der Waals surface area (Å²) in [7, 11) is 0. The van der Waals surface area contributed by atoms with Crippen LogP contribution in [-0.2, 0) is 33.3 Å². The number of imide groups is 1. The highest BCUT2D eigenvalue weighted by molar-refractivity contribution is 6.03. The van der Waals surface area contributed by atoms with Crippen molar-refractivity contribution in [2.75, 3.05) is 0 Å². The van der Waals surface area contributed by atoms with E-state index in [0.29, 0.717) is 30.4 Å². The number of hydrogen-bond donors (Lipinski definition) is 2. The second kappa shape index (κ2) is 9.04. The summed E-state index contributed by atoms with van der Waals surface area (Å²) >= 11 is 0. The first-order valence-electron chi connectivity index (χ1n) is 11.0. The summed E-state index contributed by atoms with van der Waals surface area (Å²) < 4.78 is 42.9. The van der Waals surface area contributed by atoms with Gasteiger partial charge >= 0.3 is 5.92 Å². The molecule has 1 saturated heterocycles. The van der Waals surface area contributed by atoms with Crippen molar-refractivity contribution in [2.24, 2.45) is 11.8 Å². The van der Waals surface area contributed by atoms with Gasteiger partial charge in [-0.25, -0.2) is 4.39 Å². The zero-order valence-corrected chi connectivity index (χ0v) is 18.4. The zero-order valence-electron chi connectivity index (χ0n) is 18.4. The Morgan fingerprint density at radius 1 is 1.15 bits per heavy atom. The topological polar surface area (TPSA) is 92.3 Å². The second-order valence-corrected chi connectivity index (χ2v) is 8.81. The van der Waals surface area contributed by atoms with Crippen LogP contribution in [0.25, 0.3) is 0 Å². The Morgan fingerprint density at radius 2 is 1.91 bits per heavy atom. The number of piperidine rings is 1. The predicted molar refractivity (Wildman–Crippen MR) is 115 cm³/mol. The van der Waals surface area contributed by atoms with Gasteiger partial charge in [0.05, 0.1) is 0 Å². The third-order valence-electron chi connectivity index (χ3n) is 6.54. The van der Waals surface area contributed by atoms with Gasteiger partial charge in [0, 0.05) is 35.9 Å². The van der Waals surface area contributed by atoms with E-state index in [9.17, 15) is 32.3 Å².